The van der Waals surface area contributed by atoms with Gasteiger partial charge in [-0.15, -0.1) is 5.10 Å². The summed E-state index contributed by atoms with van der Waals surface area (Å²) in [5, 5.41) is 14.7. The van der Waals surface area contributed by atoms with E-state index in [4.69, 9.17) is 22.1 Å². The third kappa shape index (κ3) is 3.22. The summed E-state index contributed by atoms with van der Waals surface area (Å²) in [4.78, 5) is 29.5. The molecule has 0 saturated heterocycles. The molecule has 4 rings (SSSR count). The molecule has 4 aromatic rings. The molecule has 1 aromatic carbocycles. The standard InChI is InChI=1S/C19H16ClN7O3/c1-9-6-10-8-23-25-16(10)14(17(21)28)15(9)24-19(29)12-7-13(30-2)26-27(12)18-11(20)4-3-5-22-18/h3-8H,1-2H3,(H2,21,28)(H,23,25)(H,24,29). The van der Waals surface area contributed by atoms with Gasteiger partial charge in [0.05, 0.1) is 35.1 Å². The number of rotatable bonds is 5. The average molecular weight is 426 g/mol. The number of nitrogens with one attached hydrogen (secondary N) is 2. The number of primary amides is 1. The highest BCUT2D eigenvalue weighted by Gasteiger charge is 2.24. The average Bonchev–Trinajstić information content (AvgIpc) is 3.35. The first-order chi connectivity index (χ1) is 14.4. The van der Waals surface area contributed by atoms with Crippen LogP contribution in [0.4, 0.5) is 5.69 Å². The van der Waals surface area contributed by atoms with Gasteiger partial charge in [0.1, 0.15) is 5.69 Å². The van der Waals surface area contributed by atoms with Crippen LogP contribution in [0, 0.1) is 6.92 Å². The summed E-state index contributed by atoms with van der Waals surface area (Å²) in [5.41, 5.74) is 7.16. The van der Waals surface area contributed by atoms with Crippen molar-refractivity contribution in [1.29, 1.82) is 0 Å². The van der Waals surface area contributed by atoms with Gasteiger partial charge in [0.2, 0.25) is 5.88 Å². The van der Waals surface area contributed by atoms with E-state index in [0.29, 0.717) is 21.5 Å². The molecule has 2 amide bonds. The summed E-state index contributed by atoms with van der Waals surface area (Å²) in [6.07, 6.45) is 3.10. The Morgan fingerprint density at radius 3 is 2.83 bits per heavy atom. The first kappa shape index (κ1) is 19.4. The molecule has 0 fully saturated rings. The van der Waals surface area contributed by atoms with Gasteiger partial charge in [-0.1, -0.05) is 11.6 Å². The number of carbonyl (C=O) groups is 2. The third-order valence-electron chi connectivity index (χ3n) is 4.49. The van der Waals surface area contributed by atoms with Crippen molar-refractivity contribution in [3.63, 3.8) is 0 Å². The number of amides is 2. The van der Waals surface area contributed by atoms with Gasteiger partial charge < -0.3 is 15.8 Å². The molecule has 0 unspecified atom stereocenters. The van der Waals surface area contributed by atoms with Gasteiger partial charge in [0.15, 0.2) is 5.82 Å². The maximum absolute atomic E-state index is 13.2. The van der Waals surface area contributed by atoms with Crippen LogP contribution in [0.15, 0.2) is 36.7 Å². The molecule has 152 valence electrons. The van der Waals surface area contributed by atoms with Crippen LogP contribution in [-0.2, 0) is 0 Å². The maximum Gasteiger partial charge on any atom is 0.274 e. The summed E-state index contributed by atoms with van der Waals surface area (Å²) in [6, 6.07) is 6.51. The van der Waals surface area contributed by atoms with E-state index in [1.54, 1.807) is 31.3 Å². The van der Waals surface area contributed by atoms with E-state index in [-0.39, 0.29) is 28.6 Å². The molecular weight excluding hydrogens is 410 g/mol. The normalized spacial score (nSPS) is 10.9. The Morgan fingerprint density at radius 2 is 2.13 bits per heavy atom. The fraction of sp³-hybridized carbons (Fsp3) is 0.105. The molecule has 3 aromatic heterocycles. The van der Waals surface area contributed by atoms with Crippen molar-refractivity contribution in [2.24, 2.45) is 5.73 Å². The summed E-state index contributed by atoms with van der Waals surface area (Å²) < 4.78 is 6.43. The number of nitrogens with two attached hydrogens (primary N) is 1. The van der Waals surface area contributed by atoms with Crippen LogP contribution in [0.1, 0.15) is 26.4 Å². The number of aryl methyl sites for hydroxylation is 1. The second kappa shape index (κ2) is 7.48. The van der Waals surface area contributed by atoms with E-state index in [1.165, 1.54) is 24.1 Å². The second-order valence-electron chi connectivity index (χ2n) is 6.39. The number of hydrogen-bond donors (Lipinski definition) is 3. The van der Waals surface area contributed by atoms with Crippen molar-refractivity contribution in [2.45, 2.75) is 6.92 Å². The number of halogens is 1. The van der Waals surface area contributed by atoms with Crippen molar-refractivity contribution in [1.82, 2.24) is 25.0 Å². The lowest BCUT2D eigenvalue weighted by Gasteiger charge is -2.14. The smallest absolute Gasteiger partial charge is 0.274 e. The lowest BCUT2D eigenvalue weighted by molar-refractivity contribution is 0.100. The van der Waals surface area contributed by atoms with Gasteiger partial charge in [0.25, 0.3) is 11.8 Å². The first-order valence-corrected chi connectivity index (χ1v) is 9.11. The molecule has 3 heterocycles. The van der Waals surface area contributed by atoms with E-state index < -0.39 is 11.8 Å². The van der Waals surface area contributed by atoms with Gasteiger partial charge >= 0.3 is 0 Å². The predicted octanol–water partition coefficient (Wildman–Crippen LogP) is 2.47. The van der Waals surface area contributed by atoms with Gasteiger partial charge in [-0.2, -0.15) is 5.10 Å². The Bertz CT molecular complexity index is 1290. The highest BCUT2D eigenvalue weighted by Crippen LogP contribution is 2.29. The van der Waals surface area contributed by atoms with Crippen molar-refractivity contribution in [3.8, 4) is 11.7 Å². The minimum atomic E-state index is -0.706. The van der Waals surface area contributed by atoms with Crippen molar-refractivity contribution >= 4 is 40.0 Å². The number of ether oxygens (including phenoxy) is 1. The molecule has 0 bridgehead atoms. The van der Waals surface area contributed by atoms with Crippen LogP contribution in [0.5, 0.6) is 5.88 Å². The first-order valence-electron chi connectivity index (χ1n) is 8.73. The quantitative estimate of drug-likeness (QED) is 0.448. The van der Waals surface area contributed by atoms with Gasteiger partial charge in [0, 0.05) is 17.6 Å². The topological polar surface area (TPSA) is 141 Å². The molecule has 10 nitrogen and oxygen atoms in total. The molecule has 0 aliphatic heterocycles. The second-order valence-corrected chi connectivity index (χ2v) is 6.80. The number of aromatic nitrogens is 5. The van der Waals surface area contributed by atoms with Crippen LogP contribution in [-0.4, -0.2) is 43.9 Å². The summed E-state index contributed by atoms with van der Waals surface area (Å²) in [7, 11) is 1.43. The molecule has 4 N–H and O–H groups in total. The number of pyridine rings is 1. The summed E-state index contributed by atoms with van der Waals surface area (Å²) in [6.45, 7) is 1.75. The van der Waals surface area contributed by atoms with Gasteiger partial charge in [-0.3, -0.25) is 14.7 Å². The number of nitrogens with zero attached hydrogens (tertiary/aromatic N) is 4. The highest BCUT2D eigenvalue weighted by molar-refractivity contribution is 6.32. The predicted molar refractivity (Wildman–Crippen MR) is 110 cm³/mol. The van der Waals surface area contributed by atoms with Crippen LogP contribution < -0.4 is 15.8 Å². The maximum atomic E-state index is 13.2. The monoisotopic (exact) mass is 425 g/mol. The molecule has 30 heavy (non-hydrogen) atoms. The number of carbonyl (C=O) groups excluding carboxylic acids is 2. The van der Waals surface area contributed by atoms with Crippen molar-refractivity contribution < 1.29 is 14.3 Å². The number of benzene rings is 1. The number of methoxy groups -OCH3 is 1. The minimum Gasteiger partial charge on any atom is -0.480 e. The fourth-order valence-corrected chi connectivity index (χ4v) is 3.33. The number of hydrogen-bond acceptors (Lipinski definition) is 6. The van der Waals surface area contributed by atoms with Crippen LogP contribution in [0.25, 0.3) is 16.7 Å². The Kier molecular flexibility index (Phi) is 4.84. The lowest BCUT2D eigenvalue weighted by Crippen LogP contribution is -2.22. The highest BCUT2D eigenvalue weighted by atomic mass is 35.5. The molecule has 0 aliphatic carbocycles. The van der Waals surface area contributed by atoms with E-state index >= 15 is 0 Å². The van der Waals surface area contributed by atoms with Gasteiger partial charge in [-0.25, -0.2) is 9.67 Å². The van der Waals surface area contributed by atoms with E-state index in [0.717, 1.165) is 0 Å². The molecular formula is C19H16ClN7O3. The number of fused-ring (bicyclic) bond motifs is 1. The largest absolute Gasteiger partial charge is 0.480 e. The van der Waals surface area contributed by atoms with Crippen LogP contribution in [0.2, 0.25) is 5.02 Å². The molecule has 0 radical (unpaired) electrons. The van der Waals surface area contributed by atoms with Crippen molar-refractivity contribution in [2.75, 3.05) is 12.4 Å². The number of H-pyrrole nitrogens is 1. The zero-order chi connectivity index (χ0) is 21.4. The molecule has 0 spiro atoms. The van der Waals surface area contributed by atoms with Gasteiger partial charge in [-0.05, 0) is 30.7 Å². The Balaban J connectivity index is 1.82. The SMILES string of the molecule is COc1cc(C(=O)Nc2c(C)cc3cn[nH]c3c2C(N)=O)n(-c2ncccc2Cl)n1. The Labute approximate surface area is 175 Å². The fourth-order valence-electron chi connectivity index (χ4n) is 3.13. The summed E-state index contributed by atoms with van der Waals surface area (Å²) >= 11 is 6.22. The Morgan fingerprint density at radius 1 is 1.33 bits per heavy atom. The van der Waals surface area contributed by atoms with E-state index in [2.05, 4.69) is 25.6 Å². The minimum absolute atomic E-state index is 0.104. The zero-order valence-electron chi connectivity index (χ0n) is 15.9. The lowest BCUT2D eigenvalue weighted by atomic mass is 10.0. The van der Waals surface area contributed by atoms with Crippen molar-refractivity contribution in [3.05, 3.63) is 58.5 Å². The van der Waals surface area contributed by atoms with Crippen LogP contribution in [0.3, 0.4) is 0 Å². The van der Waals surface area contributed by atoms with Crippen LogP contribution >= 0.6 is 11.6 Å². The number of anilines is 1. The number of aromatic amines is 1. The van der Waals surface area contributed by atoms with E-state index in [1.807, 2.05) is 0 Å². The Hall–Kier alpha value is -3.92. The molecule has 11 heteroatoms. The summed E-state index contributed by atoms with van der Waals surface area (Å²) in [5.74, 6) is -0.819. The zero-order valence-corrected chi connectivity index (χ0v) is 16.7. The molecule has 0 atom stereocenters. The molecule has 0 aliphatic rings. The van der Waals surface area contributed by atoms with E-state index in [9.17, 15) is 9.59 Å². The molecule has 0 saturated carbocycles. The third-order valence-corrected chi connectivity index (χ3v) is 4.78.